The Hall–Kier alpha value is -1.90. The van der Waals surface area contributed by atoms with Crippen LogP contribution >= 0.6 is 0 Å². The van der Waals surface area contributed by atoms with E-state index in [0.717, 1.165) is 5.56 Å². The van der Waals surface area contributed by atoms with Crippen molar-refractivity contribution in [1.82, 2.24) is 0 Å². The molecule has 1 saturated carbocycles. The molecule has 16 heavy (non-hydrogen) atoms. The summed E-state index contributed by atoms with van der Waals surface area (Å²) in [5, 5.41) is 9.12. The van der Waals surface area contributed by atoms with E-state index in [1.807, 2.05) is 30.3 Å². The van der Waals surface area contributed by atoms with Gasteiger partial charge in [-0.3, -0.25) is 4.99 Å². The fraction of sp³-hybridized carbons (Fsp3) is 0.231. The Morgan fingerprint density at radius 3 is 2.69 bits per heavy atom. The third kappa shape index (κ3) is 1.76. The van der Waals surface area contributed by atoms with Gasteiger partial charge in [-0.2, -0.15) is 0 Å². The molecule has 0 bridgehead atoms. The van der Waals surface area contributed by atoms with Crippen molar-refractivity contribution in [1.29, 1.82) is 0 Å². The maximum absolute atomic E-state index is 11.1. The smallest absolute Gasteiger partial charge is 0.332 e. The van der Waals surface area contributed by atoms with E-state index in [1.165, 1.54) is 0 Å². The highest BCUT2D eigenvalue weighted by molar-refractivity contribution is 5.89. The number of carboxylic acid groups (broad SMARTS) is 1. The predicted octanol–water partition coefficient (Wildman–Crippen LogP) is 2.13. The van der Waals surface area contributed by atoms with Crippen molar-refractivity contribution < 1.29 is 9.90 Å². The Kier molecular flexibility index (Phi) is 2.60. The van der Waals surface area contributed by atoms with Gasteiger partial charge in [-0.05, 0) is 12.0 Å². The number of benzene rings is 1. The quantitative estimate of drug-likeness (QED) is 0.618. The molecule has 3 heteroatoms. The van der Waals surface area contributed by atoms with E-state index in [2.05, 4.69) is 11.6 Å². The summed E-state index contributed by atoms with van der Waals surface area (Å²) in [4.78, 5) is 15.3. The molecule has 82 valence electrons. The maximum atomic E-state index is 11.1. The summed E-state index contributed by atoms with van der Waals surface area (Å²) in [7, 11) is 0. The van der Waals surface area contributed by atoms with Crippen LogP contribution in [0.1, 0.15) is 12.0 Å². The number of aliphatic imine (C=N–C) groups is 1. The summed E-state index contributed by atoms with van der Waals surface area (Å²) in [6, 6.07) is 9.49. The lowest BCUT2D eigenvalue weighted by Gasteiger charge is -2.03. The Balaban J connectivity index is 2.18. The molecule has 3 nitrogen and oxygen atoms in total. The molecule has 0 radical (unpaired) electrons. The molecule has 1 fully saturated rings. The minimum atomic E-state index is -0.961. The van der Waals surface area contributed by atoms with E-state index in [4.69, 9.17) is 5.11 Å². The molecule has 2 rings (SSSR count). The highest BCUT2D eigenvalue weighted by Gasteiger charge is 2.59. The van der Waals surface area contributed by atoms with Gasteiger partial charge in [0.15, 0.2) is 5.54 Å². The molecular weight excluding hydrogens is 202 g/mol. The second-order valence-corrected chi connectivity index (χ2v) is 3.94. The van der Waals surface area contributed by atoms with Crippen LogP contribution in [-0.2, 0) is 4.79 Å². The number of hydrogen-bond donors (Lipinski definition) is 1. The van der Waals surface area contributed by atoms with Crippen molar-refractivity contribution in [2.75, 3.05) is 0 Å². The lowest BCUT2D eigenvalue weighted by molar-refractivity contribution is -0.139. The van der Waals surface area contributed by atoms with Crippen LogP contribution in [0.3, 0.4) is 0 Å². The van der Waals surface area contributed by atoms with Gasteiger partial charge in [0.1, 0.15) is 0 Å². The number of hydrogen-bond acceptors (Lipinski definition) is 2. The van der Waals surface area contributed by atoms with Crippen LogP contribution in [0, 0.1) is 5.92 Å². The molecule has 0 saturated heterocycles. The Morgan fingerprint density at radius 2 is 2.19 bits per heavy atom. The van der Waals surface area contributed by atoms with Gasteiger partial charge in [0.25, 0.3) is 0 Å². The first-order chi connectivity index (χ1) is 7.69. The minimum Gasteiger partial charge on any atom is -0.479 e. The summed E-state index contributed by atoms with van der Waals surface area (Å²) in [5.74, 6) is -0.908. The van der Waals surface area contributed by atoms with E-state index in [1.54, 1.807) is 12.3 Å². The molecule has 1 aliphatic carbocycles. The summed E-state index contributed by atoms with van der Waals surface area (Å²) < 4.78 is 0. The monoisotopic (exact) mass is 215 g/mol. The van der Waals surface area contributed by atoms with E-state index in [9.17, 15) is 4.79 Å². The van der Waals surface area contributed by atoms with Gasteiger partial charge in [-0.15, -0.1) is 6.58 Å². The van der Waals surface area contributed by atoms with Gasteiger partial charge in [0.05, 0.1) is 0 Å². The van der Waals surface area contributed by atoms with E-state index in [-0.39, 0.29) is 5.92 Å². The second-order valence-electron chi connectivity index (χ2n) is 3.94. The van der Waals surface area contributed by atoms with Crippen molar-refractivity contribution >= 4 is 12.2 Å². The first-order valence-electron chi connectivity index (χ1n) is 5.15. The van der Waals surface area contributed by atoms with Crippen LogP contribution in [0.25, 0.3) is 0 Å². The number of rotatable bonds is 4. The fourth-order valence-corrected chi connectivity index (χ4v) is 1.73. The molecule has 0 heterocycles. The second kappa shape index (κ2) is 3.93. The Morgan fingerprint density at radius 1 is 1.50 bits per heavy atom. The molecule has 2 atom stereocenters. The molecule has 0 aliphatic heterocycles. The Labute approximate surface area is 94.1 Å². The van der Waals surface area contributed by atoms with E-state index >= 15 is 0 Å². The SMILES string of the molecule is C=C[C@@H]1C[C@]1(N=Cc1ccccc1)C(=O)O. The predicted molar refractivity (Wildman–Crippen MR) is 62.7 cm³/mol. The molecule has 1 aromatic carbocycles. The zero-order valence-electron chi connectivity index (χ0n) is 8.84. The number of carboxylic acids is 1. The average molecular weight is 215 g/mol. The van der Waals surface area contributed by atoms with E-state index < -0.39 is 11.5 Å². The van der Waals surface area contributed by atoms with Crippen LogP contribution in [0.2, 0.25) is 0 Å². The van der Waals surface area contributed by atoms with Crippen molar-refractivity contribution in [2.24, 2.45) is 10.9 Å². The van der Waals surface area contributed by atoms with Crippen LogP contribution in [0.4, 0.5) is 0 Å². The van der Waals surface area contributed by atoms with Crippen LogP contribution in [0.5, 0.6) is 0 Å². The first-order valence-corrected chi connectivity index (χ1v) is 5.15. The molecule has 0 aromatic heterocycles. The molecule has 0 spiro atoms. The van der Waals surface area contributed by atoms with Gasteiger partial charge in [-0.25, -0.2) is 4.79 Å². The van der Waals surface area contributed by atoms with Crippen molar-refractivity contribution in [3.63, 3.8) is 0 Å². The third-order valence-electron chi connectivity index (χ3n) is 2.88. The van der Waals surface area contributed by atoms with Crippen molar-refractivity contribution in [3.8, 4) is 0 Å². The van der Waals surface area contributed by atoms with Crippen molar-refractivity contribution in [3.05, 3.63) is 48.6 Å². The standard InChI is InChI=1S/C13H13NO2/c1-2-11-8-13(11,12(15)16)14-9-10-6-4-3-5-7-10/h2-7,9,11H,1,8H2,(H,15,16)/t11-,13-/m1/s1. The summed E-state index contributed by atoms with van der Waals surface area (Å²) in [6.45, 7) is 3.62. The van der Waals surface area contributed by atoms with Crippen LogP contribution < -0.4 is 0 Å². The van der Waals surface area contributed by atoms with Gasteiger partial charge in [0.2, 0.25) is 0 Å². The summed E-state index contributed by atoms with van der Waals surface area (Å²) >= 11 is 0. The Bertz CT molecular complexity index is 439. The summed E-state index contributed by atoms with van der Waals surface area (Å²) in [5.41, 5.74) is -0.0461. The van der Waals surface area contributed by atoms with Crippen LogP contribution in [0.15, 0.2) is 48.0 Å². The molecule has 0 unspecified atom stereocenters. The molecule has 0 amide bonds. The highest BCUT2D eigenvalue weighted by Crippen LogP contribution is 2.48. The number of aliphatic carboxylic acids is 1. The maximum Gasteiger partial charge on any atom is 0.332 e. The van der Waals surface area contributed by atoms with Gasteiger partial charge in [-0.1, -0.05) is 36.4 Å². The topological polar surface area (TPSA) is 49.7 Å². The van der Waals surface area contributed by atoms with Gasteiger partial charge >= 0.3 is 5.97 Å². The molecule has 1 N–H and O–H groups in total. The highest BCUT2D eigenvalue weighted by atomic mass is 16.4. The molecular formula is C13H13NO2. The minimum absolute atomic E-state index is 0.0371. The first kappa shape index (κ1) is 10.6. The summed E-state index contributed by atoms with van der Waals surface area (Å²) in [6.07, 6.45) is 3.84. The largest absolute Gasteiger partial charge is 0.479 e. The van der Waals surface area contributed by atoms with E-state index in [0.29, 0.717) is 6.42 Å². The molecule has 1 aromatic rings. The normalized spacial score (nSPS) is 27.9. The third-order valence-corrected chi connectivity index (χ3v) is 2.88. The van der Waals surface area contributed by atoms with Gasteiger partial charge < -0.3 is 5.11 Å². The zero-order chi connectivity index (χ0) is 11.6. The van der Waals surface area contributed by atoms with Crippen LogP contribution in [-0.4, -0.2) is 22.8 Å². The number of nitrogens with zero attached hydrogens (tertiary/aromatic N) is 1. The average Bonchev–Trinajstić information content (AvgIpc) is 3.03. The lowest BCUT2D eigenvalue weighted by Crippen LogP contribution is -2.22. The van der Waals surface area contributed by atoms with Gasteiger partial charge in [0, 0.05) is 12.1 Å². The zero-order valence-corrected chi connectivity index (χ0v) is 8.84. The van der Waals surface area contributed by atoms with Crippen molar-refractivity contribution in [2.45, 2.75) is 12.0 Å². The number of carbonyl (C=O) groups is 1. The molecule has 1 aliphatic rings. The lowest BCUT2D eigenvalue weighted by atomic mass is 10.2. The fourth-order valence-electron chi connectivity index (χ4n) is 1.73.